The van der Waals surface area contributed by atoms with E-state index in [9.17, 15) is 0 Å². The van der Waals surface area contributed by atoms with Crippen LogP contribution in [0.1, 0.15) is 51.7 Å². The van der Waals surface area contributed by atoms with Gasteiger partial charge in [0.15, 0.2) is 17.5 Å². The summed E-state index contributed by atoms with van der Waals surface area (Å²) in [6.07, 6.45) is 2.35. The van der Waals surface area contributed by atoms with Crippen molar-refractivity contribution < 1.29 is 0 Å². The number of hydrogen-bond donors (Lipinski definition) is 0. The molecule has 302 valence electrons. The Morgan fingerprint density at radius 2 is 0.889 bits per heavy atom. The molecule has 4 nitrogen and oxygen atoms in total. The van der Waals surface area contributed by atoms with Gasteiger partial charge in [-0.25, -0.2) is 15.0 Å². The highest BCUT2D eigenvalue weighted by atomic mass is 15.0. The van der Waals surface area contributed by atoms with Crippen molar-refractivity contribution in [1.29, 1.82) is 0 Å². The average molecular weight is 811 g/mol. The maximum Gasteiger partial charge on any atom is 0.164 e. The Morgan fingerprint density at radius 3 is 1.60 bits per heavy atom. The van der Waals surface area contributed by atoms with Gasteiger partial charge in [-0.3, -0.25) is 0 Å². The van der Waals surface area contributed by atoms with Gasteiger partial charge in [-0.1, -0.05) is 167 Å². The van der Waals surface area contributed by atoms with Gasteiger partial charge >= 0.3 is 0 Å². The maximum atomic E-state index is 5.41. The number of fused-ring (bicyclic) bond motifs is 7. The summed E-state index contributed by atoms with van der Waals surface area (Å²) in [7, 11) is 0. The molecule has 2 heterocycles. The summed E-state index contributed by atoms with van der Waals surface area (Å²) in [5, 5.41) is 9.38. The molecule has 0 spiro atoms. The van der Waals surface area contributed by atoms with Gasteiger partial charge in [0.05, 0.1) is 16.7 Å². The highest BCUT2D eigenvalue weighted by Crippen LogP contribution is 2.49. The van der Waals surface area contributed by atoms with E-state index in [1.807, 2.05) is 0 Å². The number of hydrogen-bond acceptors (Lipinski definition) is 3. The summed E-state index contributed by atoms with van der Waals surface area (Å²) in [6, 6.07) is 65.7. The van der Waals surface area contributed by atoms with Gasteiger partial charge < -0.3 is 4.57 Å². The number of aromatic nitrogens is 4. The summed E-state index contributed by atoms with van der Waals surface area (Å²) in [6.45, 7) is 9.66. The molecule has 4 heteroatoms. The molecule has 0 unspecified atom stereocenters. The molecule has 0 atom stereocenters. The molecule has 1 aliphatic rings. The molecule has 2 aromatic heterocycles. The van der Waals surface area contributed by atoms with Crippen molar-refractivity contribution in [3.63, 3.8) is 0 Å². The molecule has 12 rings (SSSR count). The molecule has 0 N–H and O–H groups in total. The molecule has 63 heavy (non-hydrogen) atoms. The van der Waals surface area contributed by atoms with Crippen molar-refractivity contribution >= 4 is 54.1 Å². The summed E-state index contributed by atoms with van der Waals surface area (Å²) >= 11 is 0. The van der Waals surface area contributed by atoms with Gasteiger partial charge in [0.1, 0.15) is 0 Å². The zero-order chi connectivity index (χ0) is 42.5. The van der Waals surface area contributed by atoms with E-state index in [2.05, 4.69) is 214 Å². The molecule has 0 aliphatic heterocycles. The fourth-order valence-corrected chi connectivity index (χ4v) is 10.4. The van der Waals surface area contributed by atoms with E-state index in [0.717, 1.165) is 49.3 Å². The third kappa shape index (κ3) is 6.00. The van der Waals surface area contributed by atoms with Crippen molar-refractivity contribution in [2.45, 2.75) is 51.4 Å². The Bertz CT molecular complexity index is 3630. The van der Waals surface area contributed by atoms with E-state index < -0.39 is 0 Å². The van der Waals surface area contributed by atoms with Crippen LogP contribution in [-0.2, 0) is 10.8 Å². The van der Waals surface area contributed by atoms with Crippen LogP contribution in [-0.4, -0.2) is 19.5 Å². The first-order valence-corrected chi connectivity index (χ1v) is 22.2. The van der Waals surface area contributed by atoms with Gasteiger partial charge in [-0.05, 0) is 115 Å². The fraction of sp³-hybridized carbons (Fsp3) is 0.136. The third-order valence-corrected chi connectivity index (χ3v) is 13.9. The normalized spacial score (nSPS) is 14.5. The van der Waals surface area contributed by atoms with Crippen LogP contribution in [0, 0.1) is 0 Å². The lowest BCUT2D eigenvalue weighted by Gasteiger charge is -2.42. The van der Waals surface area contributed by atoms with Crippen molar-refractivity contribution in [3.8, 4) is 51.0 Å². The second kappa shape index (κ2) is 14.1. The standard InChI is InChI=1S/C59H46N4/c1-58(2)32-33-59(3,4)51-36-54-49(35-50(51)58)46-24-14-15-25-52(46)63(54)53-31-30-48(44-22-12-13-23-45(44)53)57-61-55(40-27-26-37-16-8-9-19-39(37)34-40)60-56(62-57)47-29-28-41(38-17-6-5-7-18-38)42-20-10-11-21-43(42)47/h5-31,34-36H,32-33H2,1-4H3. The topological polar surface area (TPSA) is 43.6 Å². The molecule has 0 saturated carbocycles. The predicted octanol–water partition coefficient (Wildman–Crippen LogP) is 15.4. The lowest BCUT2D eigenvalue weighted by Crippen LogP contribution is -2.33. The summed E-state index contributed by atoms with van der Waals surface area (Å²) in [5.74, 6) is 1.93. The SMILES string of the molecule is CC1(C)CCC(C)(C)c2cc3c(cc21)c1ccccc1n3-c1ccc(-c2nc(-c3ccc4ccccc4c3)nc(-c3ccc(-c4ccccc4)c4ccccc34)n2)c2ccccc12. The summed E-state index contributed by atoms with van der Waals surface area (Å²) in [4.78, 5) is 16.0. The Hall–Kier alpha value is -7.43. The highest BCUT2D eigenvalue weighted by molar-refractivity contribution is 6.12. The number of benzene rings is 9. The monoisotopic (exact) mass is 810 g/mol. The first-order valence-electron chi connectivity index (χ1n) is 22.2. The molecular formula is C59H46N4. The lowest BCUT2D eigenvalue weighted by molar-refractivity contribution is 0.332. The minimum Gasteiger partial charge on any atom is -0.309 e. The molecule has 11 aromatic rings. The number of rotatable bonds is 5. The summed E-state index contributed by atoms with van der Waals surface area (Å²) in [5.41, 5.74) is 12.0. The molecule has 0 saturated heterocycles. The molecular weight excluding hydrogens is 765 g/mol. The quantitative estimate of drug-likeness (QED) is 0.174. The average Bonchev–Trinajstić information content (AvgIpc) is 3.65. The smallest absolute Gasteiger partial charge is 0.164 e. The van der Waals surface area contributed by atoms with E-state index in [1.165, 1.54) is 62.3 Å². The van der Waals surface area contributed by atoms with Crippen molar-refractivity contribution in [3.05, 3.63) is 193 Å². The Balaban J connectivity index is 1.10. The van der Waals surface area contributed by atoms with Crippen LogP contribution >= 0.6 is 0 Å². The Morgan fingerprint density at radius 1 is 0.365 bits per heavy atom. The van der Waals surface area contributed by atoms with Gasteiger partial charge in [0, 0.05) is 32.8 Å². The lowest BCUT2D eigenvalue weighted by atomic mass is 9.63. The van der Waals surface area contributed by atoms with Crippen LogP contribution in [0.25, 0.3) is 105 Å². The summed E-state index contributed by atoms with van der Waals surface area (Å²) < 4.78 is 2.49. The van der Waals surface area contributed by atoms with Crippen LogP contribution in [0.5, 0.6) is 0 Å². The Kier molecular flexibility index (Phi) is 8.33. The number of nitrogens with zero attached hydrogens (tertiary/aromatic N) is 4. The van der Waals surface area contributed by atoms with Crippen LogP contribution in [0.2, 0.25) is 0 Å². The van der Waals surface area contributed by atoms with Crippen LogP contribution in [0.3, 0.4) is 0 Å². The molecule has 0 amide bonds. The highest BCUT2D eigenvalue weighted by Gasteiger charge is 2.38. The van der Waals surface area contributed by atoms with Gasteiger partial charge in [0.25, 0.3) is 0 Å². The number of para-hydroxylation sites is 1. The van der Waals surface area contributed by atoms with E-state index in [1.54, 1.807) is 0 Å². The molecule has 9 aromatic carbocycles. The van der Waals surface area contributed by atoms with Crippen molar-refractivity contribution in [2.24, 2.45) is 0 Å². The molecule has 1 aliphatic carbocycles. The molecule has 0 radical (unpaired) electrons. The predicted molar refractivity (Wildman–Crippen MR) is 264 cm³/mol. The fourth-order valence-electron chi connectivity index (χ4n) is 10.4. The van der Waals surface area contributed by atoms with E-state index in [0.29, 0.717) is 17.5 Å². The second-order valence-corrected chi connectivity index (χ2v) is 18.7. The molecule has 0 bridgehead atoms. The van der Waals surface area contributed by atoms with Gasteiger partial charge in [0.2, 0.25) is 0 Å². The first-order chi connectivity index (χ1) is 30.7. The van der Waals surface area contributed by atoms with E-state index >= 15 is 0 Å². The van der Waals surface area contributed by atoms with Gasteiger partial charge in [-0.2, -0.15) is 0 Å². The van der Waals surface area contributed by atoms with E-state index in [-0.39, 0.29) is 10.8 Å². The van der Waals surface area contributed by atoms with Crippen LogP contribution in [0.4, 0.5) is 0 Å². The maximum absolute atomic E-state index is 5.41. The van der Waals surface area contributed by atoms with Crippen LogP contribution in [0.15, 0.2) is 182 Å². The molecule has 0 fully saturated rings. The first kappa shape index (κ1) is 37.3. The zero-order valence-electron chi connectivity index (χ0n) is 36.0. The van der Waals surface area contributed by atoms with Crippen LogP contribution < -0.4 is 0 Å². The minimum absolute atomic E-state index is 0.0819. The third-order valence-electron chi connectivity index (χ3n) is 13.9. The largest absolute Gasteiger partial charge is 0.309 e. The van der Waals surface area contributed by atoms with Gasteiger partial charge in [-0.15, -0.1) is 0 Å². The Labute approximate surface area is 367 Å². The second-order valence-electron chi connectivity index (χ2n) is 18.7. The van der Waals surface area contributed by atoms with Crippen molar-refractivity contribution in [2.75, 3.05) is 0 Å². The van der Waals surface area contributed by atoms with E-state index in [4.69, 9.17) is 15.0 Å². The minimum atomic E-state index is 0.0819. The zero-order valence-corrected chi connectivity index (χ0v) is 36.0. The van der Waals surface area contributed by atoms with Crippen molar-refractivity contribution in [1.82, 2.24) is 19.5 Å².